The Kier molecular flexibility index (Phi) is 11.2. The van der Waals surface area contributed by atoms with Crippen molar-refractivity contribution in [1.29, 1.82) is 0 Å². The first-order chi connectivity index (χ1) is 31.4. The molecule has 0 saturated heterocycles. The first kappa shape index (κ1) is 41.8. The number of furan rings is 1. The van der Waals surface area contributed by atoms with Crippen LogP contribution in [-0.4, -0.2) is 22.6 Å². The molecule has 0 unspecified atom stereocenters. The Hall–Kier alpha value is -7.21. The molecule has 0 bridgehead atoms. The number of fused-ring (bicyclic) bond motifs is 7. The summed E-state index contributed by atoms with van der Waals surface area (Å²) in [6.07, 6.45) is 2.02. The number of benzene rings is 9. The summed E-state index contributed by atoms with van der Waals surface area (Å²) in [6, 6.07) is 76.7. The van der Waals surface area contributed by atoms with Crippen molar-refractivity contribution in [3.63, 3.8) is 0 Å². The number of hydrogen-bond donors (Lipinski definition) is 0. The van der Waals surface area contributed by atoms with Gasteiger partial charge in [0.2, 0.25) is 0 Å². The number of imidazole rings is 1. The normalized spacial score (nSPS) is 11.5. The molecule has 0 N–H and O–H groups in total. The van der Waals surface area contributed by atoms with Gasteiger partial charge >= 0.3 is 0 Å². The maximum absolute atomic E-state index is 6.43. The van der Waals surface area contributed by atoms with E-state index in [-0.39, 0.29) is 20.1 Å². The topological polar surface area (TPSA) is 43.9 Å². The molecule has 315 valence electrons. The minimum atomic E-state index is -1.23. The van der Waals surface area contributed by atoms with E-state index in [0.717, 1.165) is 88.9 Å². The number of pyridine rings is 1. The number of para-hydroxylation sites is 3. The third kappa shape index (κ3) is 7.91. The van der Waals surface area contributed by atoms with Crippen LogP contribution >= 0.6 is 0 Å². The quantitative estimate of drug-likeness (QED) is 0.0947. The van der Waals surface area contributed by atoms with Crippen molar-refractivity contribution in [2.75, 3.05) is 0 Å². The van der Waals surface area contributed by atoms with Gasteiger partial charge in [-0.1, -0.05) is 165 Å². The van der Waals surface area contributed by atoms with Crippen LogP contribution < -0.4 is 5.19 Å². The average molecular weight is 1030 g/mol. The van der Waals surface area contributed by atoms with Crippen molar-refractivity contribution in [2.24, 2.45) is 0 Å². The Morgan fingerprint density at radius 3 is 1.91 bits per heavy atom. The Balaban J connectivity index is 0.000000249. The van der Waals surface area contributed by atoms with Crippen molar-refractivity contribution >= 4 is 67.8 Å². The molecule has 0 amide bonds. The molecule has 9 aromatic carbocycles. The standard InChI is InChI=1S/C45H27N2O.C14H16NSi.Ir/c1-3-12-29(13-4-1)35-18-11-19-36(30-14-5-2-6-15-30)44(35)47-41-21-10-9-20-40(41)46-45(47)33-24-25-42-38(26-33)39-28-37-32(27-43(39)48-42)23-22-31-16-7-8-17-34(31)37;1-16(2,3)13-9-10-14(15-11-13)12-7-5-4-6-8-12;/h1-23,25-28H;4-7,9-11H,1-3H3;/q2*-1;. The van der Waals surface area contributed by atoms with Crippen molar-refractivity contribution in [1.82, 2.24) is 14.5 Å². The smallest absolute Gasteiger partial charge is 0.121 e. The zero-order valence-corrected chi connectivity index (χ0v) is 39.6. The first-order valence-corrected chi connectivity index (χ1v) is 25.2. The number of hydrogen-bond acceptors (Lipinski definition) is 3. The molecule has 6 heteroatoms. The zero-order chi connectivity index (χ0) is 43.2. The van der Waals surface area contributed by atoms with E-state index in [1.807, 2.05) is 36.5 Å². The maximum Gasteiger partial charge on any atom is 0.121 e. The molecule has 3 heterocycles. The molecule has 65 heavy (non-hydrogen) atoms. The molecular weight excluding hydrogens is 987 g/mol. The second-order valence-corrected chi connectivity index (χ2v) is 22.3. The van der Waals surface area contributed by atoms with Crippen LogP contribution in [0, 0.1) is 12.1 Å². The molecule has 0 aliphatic heterocycles. The molecule has 12 aromatic rings. The summed E-state index contributed by atoms with van der Waals surface area (Å²) in [5, 5.41) is 8.37. The van der Waals surface area contributed by atoms with Crippen molar-refractivity contribution in [3.05, 3.63) is 219 Å². The van der Waals surface area contributed by atoms with Crippen LogP contribution in [0.5, 0.6) is 0 Å². The number of aromatic nitrogens is 3. The molecule has 12 rings (SSSR count). The molecule has 1 radical (unpaired) electrons. The summed E-state index contributed by atoms with van der Waals surface area (Å²) in [5.41, 5.74) is 12.3. The largest absolute Gasteiger partial charge is 0.500 e. The van der Waals surface area contributed by atoms with E-state index in [1.54, 1.807) is 0 Å². The number of rotatable bonds is 6. The van der Waals surface area contributed by atoms with Crippen LogP contribution in [0.4, 0.5) is 0 Å². The summed E-state index contributed by atoms with van der Waals surface area (Å²) in [4.78, 5) is 9.81. The summed E-state index contributed by atoms with van der Waals surface area (Å²) in [5.74, 6) is 0.833. The summed E-state index contributed by atoms with van der Waals surface area (Å²) < 4.78 is 8.75. The van der Waals surface area contributed by atoms with Gasteiger partial charge in [-0.15, -0.1) is 59.7 Å². The molecule has 3 aromatic heterocycles. The maximum atomic E-state index is 6.43. The van der Waals surface area contributed by atoms with Gasteiger partial charge < -0.3 is 14.0 Å². The zero-order valence-electron chi connectivity index (χ0n) is 36.2. The van der Waals surface area contributed by atoms with E-state index in [0.29, 0.717) is 0 Å². The van der Waals surface area contributed by atoms with Gasteiger partial charge in [0.15, 0.2) is 0 Å². The predicted molar refractivity (Wildman–Crippen MR) is 270 cm³/mol. The van der Waals surface area contributed by atoms with Gasteiger partial charge in [0.1, 0.15) is 5.58 Å². The van der Waals surface area contributed by atoms with Gasteiger partial charge in [-0.3, -0.25) is 4.98 Å². The Bertz CT molecular complexity index is 3580. The molecule has 0 fully saturated rings. The van der Waals surface area contributed by atoms with Crippen LogP contribution in [0.1, 0.15) is 0 Å². The molecule has 0 aliphatic rings. The van der Waals surface area contributed by atoms with Crippen molar-refractivity contribution in [3.8, 4) is 50.6 Å². The Labute approximate surface area is 393 Å². The minimum absolute atomic E-state index is 0. The molecule has 4 nitrogen and oxygen atoms in total. The number of nitrogens with zero attached hydrogens (tertiary/aromatic N) is 3. The van der Waals surface area contributed by atoms with E-state index in [9.17, 15) is 0 Å². The van der Waals surface area contributed by atoms with Crippen LogP contribution in [0.3, 0.4) is 0 Å². The van der Waals surface area contributed by atoms with E-state index < -0.39 is 8.07 Å². The van der Waals surface area contributed by atoms with Crippen molar-refractivity contribution < 1.29 is 24.5 Å². The van der Waals surface area contributed by atoms with Crippen LogP contribution in [-0.2, 0) is 20.1 Å². The van der Waals surface area contributed by atoms with Gasteiger partial charge in [0.05, 0.1) is 36.2 Å². The Morgan fingerprint density at radius 1 is 0.523 bits per heavy atom. The monoisotopic (exact) mass is 1030 g/mol. The second kappa shape index (κ2) is 17.4. The first-order valence-electron chi connectivity index (χ1n) is 21.7. The fourth-order valence-corrected chi connectivity index (χ4v) is 9.85. The van der Waals surface area contributed by atoms with Crippen LogP contribution in [0.2, 0.25) is 19.6 Å². The van der Waals surface area contributed by atoms with E-state index >= 15 is 0 Å². The van der Waals surface area contributed by atoms with Gasteiger partial charge in [-0.05, 0) is 67.8 Å². The SMILES string of the molecule is C[Si](C)(C)c1ccc(-c2[c-]cccc2)nc1.[Ir].[c-]1cc2oc3cc4ccc5ccccc5c4cc3c2cc1-c1nc2ccccc2n1-c1c(-c2ccccc2)cccc1-c1ccccc1. The van der Waals surface area contributed by atoms with E-state index in [4.69, 9.17) is 9.40 Å². The van der Waals surface area contributed by atoms with Gasteiger partial charge in [0, 0.05) is 42.8 Å². The van der Waals surface area contributed by atoms with E-state index in [1.165, 1.54) is 21.3 Å². The average Bonchev–Trinajstić information content (AvgIpc) is 3.91. The van der Waals surface area contributed by atoms with Gasteiger partial charge in [-0.2, -0.15) is 0 Å². The summed E-state index contributed by atoms with van der Waals surface area (Å²) in [6.45, 7) is 7.00. The predicted octanol–water partition coefficient (Wildman–Crippen LogP) is 15.1. The van der Waals surface area contributed by atoms with E-state index in [2.05, 4.69) is 211 Å². The third-order valence-corrected chi connectivity index (χ3v) is 14.1. The molecule has 0 atom stereocenters. The fraction of sp³-hybridized carbons (Fsp3) is 0.0508. The van der Waals surface area contributed by atoms with Gasteiger partial charge in [0.25, 0.3) is 0 Å². The summed E-state index contributed by atoms with van der Waals surface area (Å²) in [7, 11) is -1.23. The van der Waals surface area contributed by atoms with Crippen molar-refractivity contribution in [2.45, 2.75) is 19.6 Å². The molecule has 0 aliphatic carbocycles. The fourth-order valence-electron chi connectivity index (χ4n) is 8.82. The third-order valence-electron chi connectivity index (χ3n) is 12.1. The van der Waals surface area contributed by atoms with Crippen LogP contribution in [0.25, 0.3) is 105 Å². The van der Waals surface area contributed by atoms with Crippen LogP contribution in [0.15, 0.2) is 211 Å². The summed E-state index contributed by atoms with van der Waals surface area (Å²) >= 11 is 0. The molecule has 0 spiro atoms. The Morgan fingerprint density at radius 2 is 1.20 bits per heavy atom. The van der Waals surface area contributed by atoms with Gasteiger partial charge in [-0.25, -0.2) is 0 Å². The molecule has 0 saturated carbocycles. The minimum Gasteiger partial charge on any atom is -0.500 e. The second-order valence-electron chi connectivity index (χ2n) is 17.2. The molecular formula is C59H43IrN3OSi-2.